The Kier molecular flexibility index (Phi) is 5.48. The molecule has 26 heavy (non-hydrogen) atoms. The molecule has 6 nitrogen and oxygen atoms in total. The molecule has 0 radical (unpaired) electrons. The van der Waals surface area contributed by atoms with Crippen LogP contribution in [0.15, 0.2) is 23.9 Å². The maximum atomic E-state index is 12.7. The van der Waals surface area contributed by atoms with Crippen LogP contribution in [0, 0.1) is 0 Å². The SMILES string of the molecule is CCOc1cc2c(cc1OC)C(NC(=O)C(F)(F)F)C(=CN(C)C)C2=O. The van der Waals surface area contributed by atoms with Crippen LogP contribution in [0.2, 0.25) is 0 Å². The van der Waals surface area contributed by atoms with Crippen LogP contribution in [0.1, 0.15) is 28.9 Å². The third kappa shape index (κ3) is 3.76. The fraction of sp³-hybridized carbons (Fsp3) is 0.412. The van der Waals surface area contributed by atoms with E-state index in [1.807, 2.05) is 5.32 Å². The maximum Gasteiger partial charge on any atom is 0.471 e. The van der Waals surface area contributed by atoms with Gasteiger partial charge in [-0.3, -0.25) is 9.59 Å². The van der Waals surface area contributed by atoms with Gasteiger partial charge in [0, 0.05) is 31.4 Å². The fourth-order valence-corrected chi connectivity index (χ4v) is 2.67. The number of ketones is 1. The van der Waals surface area contributed by atoms with E-state index in [4.69, 9.17) is 9.47 Å². The van der Waals surface area contributed by atoms with Gasteiger partial charge in [0.2, 0.25) is 0 Å². The Morgan fingerprint density at radius 3 is 2.46 bits per heavy atom. The molecule has 1 atom stereocenters. The highest BCUT2D eigenvalue weighted by Crippen LogP contribution is 2.42. The highest BCUT2D eigenvalue weighted by atomic mass is 19.4. The Bertz CT molecular complexity index is 757. The van der Waals surface area contributed by atoms with Crippen molar-refractivity contribution >= 4 is 11.7 Å². The van der Waals surface area contributed by atoms with Crippen LogP contribution in [0.4, 0.5) is 13.2 Å². The first-order valence-corrected chi connectivity index (χ1v) is 7.75. The van der Waals surface area contributed by atoms with Crippen LogP contribution in [-0.2, 0) is 4.79 Å². The fourth-order valence-electron chi connectivity index (χ4n) is 2.67. The molecule has 142 valence electrons. The minimum absolute atomic E-state index is 0.0262. The second-order valence-corrected chi connectivity index (χ2v) is 5.80. The summed E-state index contributed by atoms with van der Waals surface area (Å²) in [6, 6.07) is 1.60. The first-order valence-electron chi connectivity index (χ1n) is 7.75. The lowest BCUT2D eigenvalue weighted by atomic mass is 10.1. The molecule has 1 unspecified atom stereocenters. The number of benzene rings is 1. The van der Waals surface area contributed by atoms with Crippen molar-refractivity contribution in [2.75, 3.05) is 27.8 Å². The van der Waals surface area contributed by atoms with Gasteiger partial charge in [-0.1, -0.05) is 0 Å². The molecule has 9 heteroatoms. The molecule has 1 N–H and O–H groups in total. The van der Waals surface area contributed by atoms with E-state index in [-0.39, 0.29) is 22.4 Å². The number of carbonyl (C=O) groups is 2. The number of halogens is 3. The zero-order chi connectivity index (χ0) is 19.6. The van der Waals surface area contributed by atoms with Gasteiger partial charge in [0.25, 0.3) is 0 Å². The minimum atomic E-state index is -5.07. The highest BCUT2D eigenvalue weighted by Gasteiger charge is 2.44. The second kappa shape index (κ2) is 7.27. The van der Waals surface area contributed by atoms with E-state index < -0.39 is 23.9 Å². The number of hydrogen-bond donors (Lipinski definition) is 1. The Balaban J connectivity index is 2.58. The lowest BCUT2D eigenvalue weighted by molar-refractivity contribution is -0.174. The van der Waals surface area contributed by atoms with Crippen LogP contribution in [0.25, 0.3) is 0 Å². The molecule has 0 heterocycles. The smallest absolute Gasteiger partial charge is 0.471 e. The van der Waals surface area contributed by atoms with E-state index in [0.29, 0.717) is 12.4 Å². The summed E-state index contributed by atoms with van der Waals surface area (Å²) in [4.78, 5) is 25.7. The number of alkyl halides is 3. The van der Waals surface area contributed by atoms with Crippen molar-refractivity contribution < 1.29 is 32.2 Å². The van der Waals surface area contributed by atoms with Gasteiger partial charge in [-0.2, -0.15) is 13.2 Å². The van der Waals surface area contributed by atoms with Gasteiger partial charge in [-0.05, 0) is 24.6 Å². The Morgan fingerprint density at radius 2 is 1.96 bits per heavy atom. The largest absolute Gasteiger partial charge is 0.493 e. The standard InChI is InChI=1S/C17H19F3N2O4/c1-5-26-13-7-10-9(6-12(13)25-4)14(21-16(24)17(18,19)20)11(15(10)23)8-22(2)3/h6-8,14H,5H2,1-4H3,(H,21,24). The number of nitrogens with one attached hydrogen (secondary N) is 1. The van der Waals surface area contributed by atoms with Gasteiger partial charge in [0.05, 0.1) is 19.8 Å². The number of fused-ring (bicyclic) bond motifs is 1. The molecule has 0 aromatic heterocycles. The topological polar surface area (TPSA) is 67.9 Å². The average molecular weight is 372 g/mol. The van der Waals surface area contributed by atoms with E-state index in [0.717, 1.165) is 0 Å². The zero-order valence-corrected chi connectivity index (χ0v) is 14.7. The van der Waals surface area contributed by atoms with Gasteiger partial charge in [0.15, 0.2) is 17.3 Å². The Labute approximate surface area is 148 Å². The number of methoxy groups -OCH3 is 1. The maximum absolute atomic E-state index is 12.7. The molecule has 0 aliphatic heterocycles. The second-order valence-electron chi connectivity index (χ2n) is 5.80. The summed E-state index contributed by atoms with van der Waals surface area (Å²) in [5.41, 5.74) is 0.411. The quantitative estimate of drug-likeness (QED) is 0.805. The normalized spacial score (nSPS) is 17.9. The van der Waals surface area contributed by atoms with E-state index in [1.54, 1.807) is 21.0 Å². The predicted octanol–water partition coefficient (Wildman–Crippen LogP) is 2.46. The lowest BCUT2D eigenvalue weighted by Gasteiger charge is -2.19. The molecule has 1 aliphatic rings. The number of rotatable bonds is 5. The van der Waals surface area contributed by atoms with E-state index >= 15 is 0 Å². The zero-order valence-electron chi connectivity index (χ0n) is 14.7. The van der Waals surface area contributed by atoms with E-state index in [1.165, 1.54) is 30.3 Å². The molecule has 1 aliphatic carbocycles. The molecule has 0 bridgehead atoms. The summed E-state index contributed by atoms with van der Waals surface area (Å²) in [7, 11) is 4.62. The van der Waals surface area contributed by atoms with Crippen molar-refractivity contribution in [3.8, 4) is 11.5 Å². The molecule has 0 spiro atoms. The first-order chi connectivity index (χ1) is 12.1. The van der Waals surface area contributed by atoms with Crippen molar-refractivity contribution in [3.05, 3.63) is 35.0 Å². The van der Waals surface area contributed by atoms with Gasteiger partial charge in [0.1, 0.15) is 0 Å². The minimum Gasteiger partial charge on any atom is -0.493 e. The third-order valence-electron chi connectivity index (χ3n) is 3.69. The first kappa shape index (κ1) is 19.6. The van der Waals surface area contributed by atoms with Gasteiger partial charge in [-0.15, -0.1) is 0 Å². The van der Waals surface area contributed by atoms with Crippen LogP contribution in [0.5, 0.6) is 11.5 Å². The average Bonchev–Trinajstić information content (AvgIpc) is 2.78. The Hall–Kier alpha value is -2.71. The van der Waals surface area contributed by atoms with E-state index in [2.05, 4.69) is 0 Å². The molecule has 2 rings (SSSR count). The summed E-state index contributed by atoms with van der Waals surface area (Å²) in [5.74, 6) is -2.05. The van der Waals surface area contributed by atoms with Crippen molar-refractivity contribution in [2.24, 2.45) is 0 Å². The molecule has 0 saturated heterocycles. The molecular formula is C17H19F3N2O4. The number of amides is 1. The molecule has 1 amide bonds. The predicted molar refractivity (Wildman–Crippen MR) is 87.2 cm³/mol. The lowest BCUT2D eigenvalue weighted by Crippen LogP contribution is -2.39. The molecular weight excluding hydrogens is 353 g/mol. The number of ether oxygens (including phenoxy) is 2. The van der Waals surface area contributed by atoms with Crippen molar-refractivity contribution in [1.29, 1.82) is 0 Å². The van der Waals surface area contributed by atoms with Crippen molar-refractivity contribution in [2.45, 2.75) is 19.1 Å². The van der Waals surface area contributed by atoms with Crippen LogP contribution >= 0.6 is 0 Å². The number of carbonyl (C=O) groups excluding carboxylic acids is 2. The van der Waals surface area contributed by atoms with Crippen molar-refractivity contribution in [3.63, 3.8) is 0 Å². The number of Topliss-reactive ketones (excluding diaryl/α,β-unsaturated/α-hetero) is 1. The summed E-state index contributed by atoms with van der Waals surface area (Å²) < 4.78 is 48.7. The molecule has 1 aromatic rings. The van der Waals surface area contributed by atoms with Crippen molar-refractivity contribution in [1.82, 2.24) is 10.2 Å². The van der Waals surface area contributed by atoms with E-state index in [9.17, 15) is 22.8 Å². The van der Waals surface area contributed by atoms with Crippen LogP contribution in [0.3, 0.4) is 0 Å². The van der Waals surface area contributed by atoms with Gasteiger partial charge in [-0.25, -0.2) is 0 Å². The van der Waals surface area contributed by atoms with Gasteiger partial charge >= 0.3 is 12.1 Å². The summed E-state index contributed by atoms with van der Waals surface area (Å²) >= 11 is 0. The third-order valence-corrected chi connectivity index (χ3v) is 3.69. The number of hydrogen-bond acceptors (Lipinski definition) is 5. The molecule has 1 aromatic carbocycles. The van der Waals surface area contributed by atoms with Crippen LogP contribution < -0.4 is 14.8 Å². The van der Waals surface area contributed by atoms with Crippen LogP contribution in [-0.4, -0.2) is 50.6 Å². The highest BCUT2D eigenvalue weighted by molar-refractivity contribution is 6.15. The molecule has 0 saturated carbocycles. The number of nitrogens with zero attached hydrogens (tertiary/aromatic N) is 1. The monoisotopic (exact) mass is 372 g/mol. The summed E-state index contributed by atoms with van der Waals surface area (Å²) in [6.45, 7) is 2.07. The Morgan fingerprint density at radius 1 is 1.31 bits per heavy atom. The molecule has 0 fully saturated rings. The summed E-state index contributed by atoms with van der Waals surface area (Å²) in [5, 5.41) is 1.89. The van der Waals surface area contributed by atoms with Gasteiger partial charge < -0.3 is 19.7 Å². The summed E-state index contributed by atoms with van der Waals surface area (Å²) in [6.07, 6.45) is -3.68.